The van der Waals surface area contributed by atoms with Crippen LogP contribution in [-0.4, -0.2) is 0 Å². The van der Waals surface area contributed by atoms with Gasteiger partial charge in [-0.1, -0.05) is 97.1 Å². The first-order valence-corrected chi connectivity index (χ1v) is 15.7. The Morgan fingerprint density at radius 3 is 0.583 bits per heavy atom. The number of nitrogens with zero attached hydrogens (tertiary/aromatic N) is 4. The highest BCUT2D eigenvalue weighted by Crippen LogP contribution is 2.37. The number of hydrogen-bond acceptors (Lipinski definition) is 4. The fourth-order valence-electron chi connectivity index (χ4n) is 5.88. The molecule has 48 heavy (non-hydrogen) atoms. The summed E-state index contributed by atoms with van der Waals surface area (Å²) in [5.74, 6) is 0. The molecular weight excluding hydrogens is 585 g/mol. The lowest BCUT2D eigenvalue weighted by Gasteiger charge is -2.15. The van der Waals surface area contributed by atoms with Crippen LogP contribution in [0.1, 0.15) is 22.3 Å². The molecule has 226 valence electrons. The molecule has 0 unspecified atom stereocenters. The average molecular weight is 615 g/mol. The lowest BCUT2D eigenvalue weighted by atomic mass is 9.89. The largest absolute Gasteiger partial charge is 0.198 e. The van der Waals surface area contributed by atoms with E-state index in [4.69, 9.17) is 0 Å². The summed E-state index contributed by atoms with van der Waals surface area (Å²) < 4.78 is 0. The zero-order valence-corrected chi connectivity index (χ0v) is 26.3. The van der Waals surface area contributed by atoms with Crippen LogP contribution in [0.25, 0.3) is 55.6 Å². The molecule has 0 fully saturated rings. The Morgan fingerprint density at radius 1 is 0.250 bits per heavy atom. The molecule has 0 heterocycles. The molecule has 0 aliphatic rings. The predicted octanol–water partition coefficient (Wildman–Crippen LogP) is 10.3. The van der Waals surface area contributed by atoms with Gasteiger partial charge in [-0.25, -0.2) is 0 Å². The standard InChI is InChI=1S/C44H30N4/c45-21-17-31-1-9-35(10-2-31)39-25-40(36-11-3-32(4-12-36)18-22-46)28-43(27-39)44-29-41(37-13-5-33(6-14-37)19-23-47)26-42(30-44)38-15-7-34(8-16-38)20-24-48/h1-16,25-30H,17-20H2. The van der Waals surface area contributed by atoms with Gasteiger partial charge < -0.3 is 0 Å². The Bertz CT molecular complexity index is 1910. The zero-order valence-electron chi connectivity index (χ0n) is 26.3. The molecule has 0 aromatic heterocycles. The van der Waals surface area contributed by atoms with E-state index < -0.39 is 0 Å². The third-order valence-electron chi connectivity index (χ3n) is 8.48. The average Bonchev–Trinajstić information content (AvgIpc) is 3.13. The van der Waals surface area contributed by atoms with Gasteiger partial charge in [0.05, 0.1) is 50.0 Å². The molecule has 6 aromatic carbocycles. The van der Waals surface area contributed by atoms with Crippen molar-refractivity contribution < 1.29 is 0 Å². The van der Waals surface area contributed by atoms with Crippen molar-refractivity contribution in [3.63, 3.8) is 0 Å². The van der Waals surface area contributed by atoms with Crippen LogP contribution < -0.4 is 0 Å². The lowest BCUT2D eigenvalue weighted by molar-refractivity contribution is 1.26. The zero-order chi connectivity index (χ0) is 33.3. The van der Waals surface area contributed by atoms with Gasteiger partial charge >= 0.3 is 0 Å². The van der Waals surface area contributed by atoms with Gasteiger partial charge in [0.2, 0.25) is 0 Å². The van der Waals surface area contributed by atoms with E-state index in [-0.39, 0.29) is 0 Å². The van der Waals surface area contributed by atoms with Crippen molar-refractivity contribution in [2.45, 2.75) is 25.7 Å². The van der Waals surface area contributed by atoms with Crippen LogP contribution in [-0.2, 0) is 25.7 Å². The summed E-state index contributed by atoms with van der Waals surface area (Å²) in [7, 11) is 0. The summed E-state index contributed by atoms with van der Waals surface area (Å²) in [6.45, 7) is 0. The van der Waals surface area contributed by atoms with Gasteiger partial charge in [-0.05, 0) is 114 Å². The van der Waals surface area contributed by atoms with Gasteiger partial charge in [0, 0.05) is 0 Å². The van der Waals surface area contributed by atoms with Crippen LogP contribution in [0.4, 0.5) is 0 Å². The SMILES string of the molecule is N#CCc1ccc(-c2cc(-c3ccc(CC#N)cc3)cc(-c3cc(-c4ccc(CC#N)cc4)cc(-c4ccc(CC#N)cc4)c3)c2)cc1. The second-order valence-electron chi connectivity index (χ2n) is 11.7. The molecule has 0 radical (unpaired) electrons. The van der Waals surface area contributed by atoms with Crippen LogP contribution in [0.15, 0.2) is 133 Å². The summed E-state index contributed by atoms with van der Waals surface area (Å²) in [5, 5.41) is 36.7. The fraction of sp³-hybridized carbons (Fsp3) is 0.0909. The van der Waals surface area contributed by atoms with Gasteiger partial charge in [-0.15, -0.1) is 0 Å². The van der Waals surface area contributed by atoms with Gasteiger partial charge in [-0.2, -0.15) is 21.0 Å². The molecule has 0 aliphatic carbocycles. The summed E-state index contributed by atoms with van der Waals surface area (Å²) in [4.78, 5) is 0. The van der Waals surface area contributed by atoms with Crippen molar-refractivity contribution in [3.05, 3.63) is 156 Å². The van der Waals surface area contributed by atoms with E-state index in [1.807, 2.05) is 48.5 Å². The summed E-state index contributed by atoms with van der Waals surface area (Å²) in [5.41, 5.74) is 14.4. The number of benzene rings is 6. The second-order valence-corrected chi connectivity index (χ2v) is 11.7. The van der Waals surface area contributed by atoms with Gasteiger partial charge in [0.1, 0.15) is 0 Å². The van der Waals surface area contributed by atoms with Crippen LogP contribution >= 0.6 is 0 Å². The summed E-state index contributed by atoms with van der Waals surface area (Å²) in [6, 6.07) is 54.7. The Morgan fingerprint density at radius 2 is 0.417 bits per heavy atom. The number of nitriles is 4. The topological polar surface area (TPSA) is 95.2 Å². The molecular formula is C44H30N4. The third-order valence-corrected chi connectivity index (χ3v) is 8.48. The quantitative estimate of drug-likeness (QED) is 0.162. The van der Waals surface area contributed by atoms with E-state index in [9.17, 15) is 21.0 Å². The number of hydrogen-bond donors (Lipinski definition) is 0. The molecule has 0 N–H and O–H groups in total. The Kier molecular flexibility index (Phi) is 9.50. The number of rotatable bonds is 9. The van der Waals surface area contributed by atoms with Crippen molar-refractivity contribution in [3.8, 4) is 79.9 Å². The molecule has 0 saturated heterocycles. The molecule has 4 heteroatoms. The highest BCUT2D eigenvalue weighted by atomic mass is 14.2. The van der Waals surface area contributed by atoms with E-state index in [1.54, 1.807) is 0 Å². The highest BCUT2D eigenvalue weighted by molar-refractivity contribution is 5.86. The maximum Gasteiger partial charge on any atom is 0.0669 e. The van der Waals surface area contributed by atoms with E-state index in [2.05, 4.69) is 109 Å². The molecule has 4 nitrogen and oxygen atoms in total. The minimum atomic E-state index is 0.366. The van der Waals surface area contributed by atoms with E-state index in [0.29, 0.717) is 25.7 Å². The van der Waals surface area contributed by atoms with Crippen molar-refractivity contribution in [2.75, 3.05) is 0 Å². The highest BCUT2D eigenvalue weighted by Gasteiger charge is 2.12. The third kappa shape index (κ3) is 7.22. The summed E-state index contributed by atoms with van der Waals surface area (Å²) in [6.07, 6.45) is 1.46. The maximum atomic E-state index is 9.18. The van der Waals surface area contributed by atoms with Crippen LogP contribution in [0, 0.1) is 45.3 Å². The second kappa shape index (κ2) is 14.6. The molecule has 6 rings (SSSR count). The van der Waals surface area contributed by atoms with Crippen molar-refractivity contribution >= 4 is 0 Å². The molecule has 0 aliphatic heterocycles. The maximum absolute atomic E-state index is 9.18. The van der Waals surface area contributed by atoms with Crippen molar-refractivity contribution in [1.82, 2.24) is 0 Å². The van der Waals surface area contributed by atoms with Crippen LogP contribution in [0.3, 0.4) is 0 Å². The lowest BCUT2D eigenvalue weighted by Crippen LogP contribution is -1.90. The first-order valence-electron chi connectivity index (χ1n) is 15.7. The minimum Gasteiger partial charge on any atom is -0.198 e. The fourth-order valence-corrected chi connectivity index (χ4v) is 5.88. The van der Waals surface area contributed by atoms with Crippen LogP contribution in [0.2, 0.25) is 0 Å². The van der Waals surface area contributed by atoms with Gasteiger partial charge in [0.25, 0.3) is 0 Å². The minimum absolute atomic E-state index is 0.366. The molecule has 0 atom stereocenters. The van der Waals surface area contributed by atoms with Crippen LogP contribution in [0.5, 0.6) is 0 Å². The smallest absolute Gasteiger partial charge is 0.0669 e. The molecule has 0 saturated carbocycles. The normalized spacial score (nSPS) is 10.3. The Hall–Kier alpha value is -6.72. The van der Waals surface area contributed by atoms with E-state index >= 15 is 0 Å². The molecule has 0 amide bonds. The monoisotopic (exact) mass is 614 g/mol. The van der Waals surface area contributed by atoms with Crippen molar-refractivity contribution in [1.29, 1.82) is 21.0 Å². The van der Waals surface area contributed by atoms with Crippen molar-refractivity contribution in [2.24, 2.45) is 0 Å². The van der Waals surface area contributed by atoms with E-state index in [1.165, 1.54) is 0 Å². The predicted molar refractivity (Wildman–Crippen MR) is 191 cm³/mol. The Labute approximate surface area is 281 Å². The first-order chi connectivity index (χ1) is 23.6. The van der Waals surface area contributed by atoms with Gasteiger partial charge in [-0.3, -0.25) is 0 Å². The Balaban J connectivity index is 1.53. The molecule has 6 aromatic rings. The van der Waals surface area contributed by atoms with E-state index in [0.717, 1.165) is 77.9 Å². The first kappa shape index (κ1) is 31.3. The molecule has 0 spiro atoms. The summed E-state index contributed by atoms with van der Waals surface area (Å²) >= 11 is 0. The van der Waals surface area contributed by atoms with Gasteiger partial charge in [0.15, 0.2) is 0 Å². The molecule has 0 bridgehead atoms.